The SMILES string of the molecule is CCN1CCC(C(C)NC2CCN(C)CC2)CC1. The van der Waals surface area contributed by atoms with Crippen molar-refractivity contribution in [1.29, 1.82) is 0 Å². The Morgan fingerprint density at radius 3 is 2.22 bits per heavy atom. The normalized spacial score (nSPS) is 27.5. The summed E-state index contributed by atoms with van der Waals surface area (Å²) in [6, 6.07) is 1.47. The van der Waals surface area contributed by atoms with E-state index in [1.54, 1.807) is 0 Å². The van der Waals surface area contributed by atoms with Crippen molar-refractivity contribution in [2.75, 3.05) is 39.8 Å². The minimum Gasteiger partial charge on any atom is -0.311 e. The van der Waals surface area contributed by atoms with E-state index in [0.717, 1.165) is 12.0 Å². The van der Waals surface area contributed by atoms with Gasteiger partial charge in [0.05, 0.1) is 0 Å². The van der Waals surface area contributed by atoms with E-state index in [9.17, 15) is 0 Å². The van der Waals surface area contributed by atoms with Crippen molar-refractivity contribution < 1.29 is 0 Å². The Bertz CT molecular complexity index is 228. The number of hydrogen-bond acceptors (Lipinski definition) is 3. The van der Waals surface area contributed by atoms with E-state index in [1.807, 2.05) is 0 Å². The van der Waals surface area contributed by atoms with Crippen LogP contribution < -0.4 is 5.32 Å². The van der Waals surface area contributed by atoms with Crippen LogP contribution >= 0.6 is 0 Å². The average molecular weight is 253 g/mol. The third-order valence-electron chi connectivity index (χ3n) is 5.00. The van der Waals surface area contributed by atoms with Crippen LogP contribution in [0.15, 0.2) is 0 Å². The summed E-state index contributed by atoms with van der Waals surface area (Å²) in [6.45, 7) is 11.0. The Morgan fingerprint density at radius 2 is 1.67 bits per heavy atom. The van der Waals surface area contributed by atoms with E-state index in [0.29, 0.717) is 6.04 Å². The van der Waals surface area contributed by atoms with Crippen molar-refractivity contribution in [3.8, 4) is 0 Å². The predicted octanol–water partition coefficient (Wildman–Crippen LogP) is 1.79. The largest absolute Gasteiger partial charge is 0.311 e. The number of hydrogen-bond donors (Lipinski definition) is 1. The minimum atomic E-state index is 0.706. The minimum absolute atomic E-state index is 0.706. The molecule has 0 amide bonds. The molecular formula is C15H31N3. The Labute approximate surface area is 113 Å². The molecule has 2 aliphatic heterocycles. The van der Waals surface area contributed by atoms with Crippen LogP contribution in [0.3, 0.4) is 0 Å². The first kappa shape index (κ1) is 14.3. The molecule has 0 spiro atoms. The molecule has 1 N–H and O–H groups in total. The maximum absolute atomic E-state index is 3.90. The summed E-state index contributed by atoms with van der Waals surface area (Å²) in [4.78, 5) is 5.03. The highest BCUT2D eigenvalue weighted by Gasteiger charge is 2.25. The van der Waals surface area contributed by atoms with Gasteiger partial charge in [-0.2, -0.15) is 0 Å². The fourth-order valence-corrected chi connectivity index (χ4v) is 3.45. The van der Waals surface area contributed by atoms with Crippen molar-refractivity contribution in [2.45, 2.75) is 51.6 Å². The average Bonchev–Trinajstić information content (AvgIpc) is 2.41. The highest BCUT2D eigenvalue weighted by atomic mass is 15.1. The Hall–Kier alpha value is -0.120. The summed E-state index contributed by atoms with van der Waals surface area (Å²) in [5.74, 6) is 0.896. The molecule has 3 heteroatoms. The molecule has 0 aliphatic carbocycles. The van der Waals surface area contributed by atoms with Crippen molar-refractivity contribution in [3.05, 3.63) is 0 Å². The molecular weight excluding hydrogens is 222 g/mol. The smallest absolute Gasteiger partial charge is 0.00939 e. The van der Waals surface area contributed by atoms with Gasteiger partial charge in [-0.25, -0.2) is 0 Å². The molecule has 2 rings (SSSR count). The van der Waals surface area contributed by atoms with Crippen LogP contribution in [0.1, 0.15) is 39.5 Å². The summed E-state index contributed by atoms with van der Waals surface area (Å²) in [6.07, 6.45) is 5.42. The quantitative estimate of drug-likeness (QED) is 0.824. The van der Waals surface area contributed by atoms with Gasteiger partial charge in [-0.3, -0.25) is 0 Å². The number of likely N-dealkylation sites (tertiary alicyclic amines) is 2. The molecule has 0 saturated carbocycles. The molecule has 2 heterocycles. The predicted molar refractivity (Wildman–Crippen MR) is 78.0 cm³/mol. The van der Waals surface area contributed by atoms with E-state index < -0.39 is 0 Å². The van der Waals surface area contributed by atoms with E-state index in [2.05, 4.69) is 36.0 Å². The topological polar surface area (TPSA) is 18.5 Å². The molecule has 18 heavy (non-hydrogen) atoms. The molecule has 0 bridgehead atoms. The van der Waals surface area contributed by atoms with Gasteiger partial charge in [0, 0.05) is 12.1 Å². The molecule has 0 aromatic rings. The van der Waals surface area contributed by atoms with Gasteiger partial charge in [-0.15, -0.1) is 0 Å². The van der Waals surface area contributed by atoms with Crippen LogP contribution in [0.25, 0.3) is 0 Å². The number of nitrogens with zero attached hydrogens (tertiary/aromatic N) is 2. The van der Waals surface area contributed by atoms with Gasteiger partial charge in [-0.05, 0) is 78.3 Å². The lowest BCUT2D eigenvalue weighted by Gasteiger charge is -2.38. The summed E-state index contributed by atoms with van der Waals surface area (Å²) in [5.41, 5.74) is 0. The standard InChI is InChI=1S/C15H31N3/c1-4-18-11-5-14(6-12-18)13(2)16-15-7-9-17(3)10-8-15/h13-16H,4-12H2,1-3H3. The highest BCUT2D eigenvalue weighted by Crippen LogP contribution is 2.21. The molecule has 2 aliphatic rings. The van der Waals surface area contributed by atoms with Crippen molar-refractivity contribution in [3.63, 3.8) is 0 Å². The fraction of sp³-hybridized carbons (Fsp3) is 1.00. The molecule has 0 aromatic heterocycles. The monoisotopic (exact) mass is 253 g/mol. The zero-order valence-electron chi connectivity index (χ0n) is 12.5. The highest BCUT2D eigenvalue weighted by molar-refractivity contribution is 4.84. The Morgan fingerprint density at radius 1 is 1.06 bits per heavy atom. The first-order valence-electron chi connectivity index (χ1n) is 7.86. The summed E-state index contributed by atoms with van der Waals surface area (Å²) in [7, 11) is 2.24. The van der Waals surface area contributed by atoms with Crippen molar-refractivity contribution >= 4 is 0 Å². The third kappa shape index (κ3) is 3.94. The molecule has 1 unspecified atom stereocenters. The van der Waals surface area contributed by atoms with E-state index in [1.165, 1.54) is 58.4 Å². The van der Waals surface area contributed by atoms with Gasteiger partial charge in [0.15, 0.2) is 0 Å². The van der Waals surface area contributed by atoms with Crippen LogP contribution in [-0.2, 0) is 0 Å². The van der Waals surface area contributed by atoms with Gasteiger partial charge >= 0.3 is 0 Å². The molecule has 2 saturated heterocycles. The third-order valence-corrected chi connectivity index (χ3v) is 5.00. The summed E-state index contributed by atoms with van der Waals surface area (Å²) < 4.78 is 0. The lowest BCUT2D eigenvalue weighted by Crippen LogP contribution is -2.48. The Balaban J connectivity index is 1.70. The van der Waals surface area contributed by atoms with Crippen LogP contribution in [0.4, 0.5) is 0 Å². The second kappa shape index (κ2) is 6.88. The molecule has 2 fully saturated rings. The van der Waals surface area contributed by atoms with E-state index in [-0.39, 0.29) is 0 Å². The Kier molecular flexibility index (Phi) is 5.46. The second-order valence-electron chi connectivity index (χ2n) is 6.30. The molecule has 0 radical (unpaired) electrons. The van der Waals surface area contributed by atoms with Crippen LogP contribution in [0.2, 0.25) is 0 Å². The van der Waals surface area contributed by atoms with Gasteiger partial charge < -0.3 is 15.1 Å². The van der Waals surface area contributed by atoms with Crippen LogP contribution in [-0.4, -0.2) is 61.7 Å². The second-order valence-corrected chi connectivity index (χ2v) is 6.30. The van der Waals surface area contributed by atoms with Gasteiger partial charge in [-0.1, -0.05) is 6.92 Å². The maximum atomic E-state index is 3.90. The first-order chi connectivity index (χ1) is 8.69. The number of nitrogens with one attached hydrogen (secondary N) is 1. The van der Waals surface area contributed by atoms with E-state index >= 15 is 0 Å². The zero-order valence-corrected chi connectivity index (χ0v) is 12.5. The number of piperidine rings is 2. The molecule has 106 valence electrons. The van der Waals surface area contributed by atoms with Crippen LogP contribution in [0, 0.1) is 5.92 Å². The van der Waals surface area contributed by atoms with E-state index in [4.69, 9.17) is 0 Å². The number of rotatable bonds is 4. The first-order valence-corrected chi connectivity index (χ1v) is 7.86. The van der Waals surface area contributed by atoms with Gasteiger partial charge in [0.1, 0.15) is 0 Å². The fourth-order valence-electron chi connectivity index (χ4n) is 3.45. The molecule has 3 nitrogen and oxygen atoms in total. The van der Waals surface area contributed by atoms with Crippen molar-refractivity contribution in [1.82, 2.24) is 15.1 Å². The maximum Gasteiger partial charge on any atom is 0.00939 e. The molecule has 1 atom stereocenters. The van der Waals surface area contributed by atoms with Crippen LogP contribution in [0.5, 0.6) is 0 Å². The molecule has 0 aromatic carbocycles. The van der Waals surface area contributed by atoms with Crippen molar-refractivity contribution in [2.24, 2.45) is 5.92 Å². The van der Waals surface area contributed by atoms with Gasteiger partial charge in [0.2, 0.25) is 0 Å². The van der Waals surface area contributed by atoms with Gasteiger partial charge in [0.25, 0.3) is 0 Å². The summed E-state index contributed by atoms with van der Waals surface area (Å²) in [5, 5.41) is 3.90. The summed E-state index contributed by atoms with van der Waals surface area (Å²) >= 11 is 0. The lowest BCUT2D eigenvalue weighted by atomic mass is 9.89. The lowest BCUT2D eigenvalue weighted by molar-refractivity contribution is 0.152. The zero-order chi connectivity index (χ0) is 13.0.